The number of halogens is 1. The smallest absolute Gasteiger partial charge is 0.227 e. The lowest BCUT2D eigenvalue weighted by Gasteiger charge is -2.15. The summed E-state index contributed by atoms with van der Waals surface area (Å²) < 4.78 is 0. The Bertz CT molecular complexity index is 318. The molecular formula is C10H10ClNO. The Morgan fingerprint density at radius 1 is 1.46 bits per heavy atom. The minimum atomic E-state index is -0.0719. The maximum atomic E-state index is 11.1. The van der Waals surface area contributed by atoms with Gasteiger partial charge in [0.15, 0.2) is 0 Å². The van der Waals surface area contributed by atoms with Crippen LogP contribution in [0, 0.1) is 0 Å². The third-order valence-corrected chi connectivity index (χ3v) is 1.88. The van der Waals surface area contributed by atoms with Gasteiger partial charge in [-0.1, -0.05) is 18.2 Å². The van der Waals surface area contributed by atoms with Crippen LogP contribution in [-0.2, 0) is 4.79 Å². The monoisotopic (exact) mass is 195 g/mol. The molecule has 0 aliphatic rings. The number of hydrogen-bond acceptors (Lipinski definition) is 1. The van der Waals surface area contributed by atoms with Gasteiger partial charge in [-0.25, -0.2) is 0 Å². The van der Waals surface area contributed by atoms with Crippen molar-refractivity contribution in [3.05, 3.63) is 42.1 Å². The number of carbonyl (C=O) groups is 1. The first-order chi connectivity index (χ1) is 6.15. The van der Waals surface area contributed by atoms with E-state index in [4.69, 9.17) is 11.6 Å². The standard InChI is InChI=1S/C10H10ClNO/c1-3-12(8(2)13)10-6-4-9(11)5-7-10/h3-7H,1H2,2H3. The third kappa shape index (κ3) is 2.33. The Balaban J connectivity index is 2.99. The van der Waals surface area contributed by atoms with E-state index in [-0.39, 0.29) is 5.91 Å². The van der Waals surface area contributed by atoms with Crippen LogP contribution in [0.15, 0.2) is 37.0 Å². The fraction of sp³-hybridized carbons (Fsp3) is 0.100. The van der Waals surface area contributed by atoms with Crippen LogP contribution in [-0.4, -0.2) is 5.91 Å². The minimum absolute atomic E-state index is 0.0719. The van der Waals surface area contributed by atoms with Crippen LogP contribution in [0.5, 0.6) is 0 Å². The van der Waals surface area contributed by atoms with Crippen molar-refractivity contribution in [1.29, 1.82) is 0 Å². The average molecular weight is 196 g/mol. The lowest BCUT2D eigenvalue weighted by Crippen LogP contribution is -2.21. The summed E-state index contributed by atoms with van der Waals surface area (Å²) in [6.07, 6.45) is 1.48. The average Bonchev–Trinajstić information content (AvgIpc) is 2.09. The van der Waals surface area contributed by atoms with Crippen LogP contribution in [0.1, 0.15) is 6.92 Å². The summed E-state index contributed by atoms with van der Waals surface area (Å²) in [5.74, 6) is -0.0719. The SMILES string of the molecule is C=CN(C(C)=O)c1ccc(Cl)cc1. The number of carbonyl (C=O) groups excluding carboxylic acids is 1. The van der Waals surface area contributed by atoms with Gasteiger partial charge >= 0.3 is 0 Å². The Kier molecular flexibility index (Phi) is 3.09. The van der Waals surface area contributed by atoms with E-state index in [1.807, 2.05) is 0 Å². The summed E-state index contributed by atoms with van der Waals surface area (Å²) in [5.41, 5.74) is 0.770. The minimum Gasteiger partial charge on any atom is -0.289 e. The molecule has 0 atom stereocenters. The van der Waals surface area contributed by atoms with Crippen molar-refractivity contribution < 1.29 is 4.79 Å². The van der Waals surface area contributed by atoms with Crippen molar-refractivity contribution in [3.8, 4) is 0 Å². The first kappa shape index (κ1) is 9.81. The summed E-state index contributed by atoms with van der Waals surface area (Å²) in [6, 6.07) is 7.00. The van der Waals surface area contributed by atoms with Gasteiger partial charge in [-0.3, -0.25) is 9.69 Å². The molecule has 0 spiro atoms. The van der Waals surface area contributed by atoms with E-state index in [9.17, 15) is 4.79 Å². The molecule has 1 aromatic rings. The van der Waals surface area contributed by atoms with Crippen LogP contribution in [0.4, 0.5) is 5.69 Å². The summed E-state index contributed by atoms with van der Waals surface area (Å²) in [7, 11) is 0. The Hall–Kier alpha value is -1.28. The molecule has 0 aromatic heterocycles. The van der Waals surface area contributed by atoms with Gasteiger partial charge in [0, 0.05) is 23.8 Å². The van der Waals surface area contributed by atoms with Crippen LogP contribution in [0.2, 0.25) is 5.02 Å². The van der Waals surface area contributed by atoms with Gasteiger partial charge < -0.3 is 0 Å². The zero-order chi connectivity index (χ0) is 9.84. The molecule has 1 rings (SSSR count). The summed E-state index contributed by atoms with van der Waals surface area (Å²) in [5, 5.41) is 0.649. The molecule has 0 aliphatic heterocycles. The molecule has 1 aromatic carbocycles. The normalized spacial score (nSPS) is 9.38. The largest absolute Gasteiger partial charge is 0.289 e. The predicted molar refractivity (Wildman–Crippen MR) is 54.8 cm³/mol. The van der Waals surface area contributed by atoms with Crippen LogP contribution in [0.3, 0.4) is 0 Å². The molecule has 0 N–H and O–H groups in total. The van der Waals surface area contributed by atoms with E-state index in [1.165, 1.54) is 18.0 Å². The van der Waals surface area contributed by atoms with Crippen molar-refractivity contribution in [1.82, 2.24) is 0 Å². The Morgan fingerprint density at radius 3 is 2.38 bits per heavy atom. The molecule has 2 nitrogen and oxygen atoms in total. The molecule has 0 bridgehead atoms. The molecule has 0 fully saturated rings. The van der Waals surface area contributed by atoms with E-state index in [0.717, 1.165) is 5.69 Å². The fourth-order valence-corrected chi connectivity index (χ4v) is 1.14. The molecule has 3 heteroatoms. The molecule has 0 saturated heterocycles. The van der Waals surface area contributed by atoms with Crippen molar-refractivity contribution in [2.45, 2.75) is 6.92 Å². The molecule has 0 saturated carbocycles. The highest BCUT2D eigenvalue weighted by Crippen LogP contribution is 2.17. The predicted octanol–water partition coefficient (Wildman–Crippen LogP) is 2.84. The molecular weight excluding hydrogens is 186 g/mol. The zero-order valence-corrected chi connectivity index (χ0v) is 8.08. The highest BCUT2D eigenvalue weighted by Gasteiger charge is 2.05. The summed E-state index contributed by atoms with van der Waals surface area (Å²) in [4.78, 5) is 12.5. The van der Waals surface area contributed by atoms with Crippen molar-refractivity contribution in [3.63, 3.8) is 0 Å². The van der Waals surface area contributed by atoms with Crippen molar-refractivity contribution in [2.24, 2.45) is 0 Å². The lowest BCUT2D eigenvalue weighted by atomic mass is 10.3. The maximum absolute atomic E-state index is 11.1. The van der Waals surface area contributed by atoms with E-state index in [1.54, 1.807) is 24.3 Å². The highest BCUT2D eigenvalue weighted by atomic mass is 35.5. The molecule has 0 aliphatic carbocycles. The van der Waals surface area contributed by atoms with Gasteiger partial charge in [-0.15, -0.1) is 0 Å². The number of benzene rings is 1. The topological polar surface area (TPSA) is 20.3 Å². The molecule has 68 valence electrons. The number of nitrogens with zero attached hydrogens (tertiary/aromatic N) is 1. The second-order valence-electron chi connectivity index (χ2n) is 2.55. The molecule has 0 unspecified atom stereocenters. The summed E-state index contributed by atoms with van der Waals surface area (Å²) in [6.45, 7) is 5.04. The number of rotatable bonds is 2. The first-order valence-corrected chi connectivity index (χ1v) is 4.21. The number of amides is 1. The molecule has 1 amide bonds. The van der Waals surface area contributed by atoms with Crippen molar-refractivity contribution >= 4 is 23.2 Å². The second kappa shape index (κ2) is 4.10. The van der Waals surface area contributed by atoms with Gasteiger partial charge in [-0.2, -0.15) is 0 Å². The van der Waals surface area contributed by atoms with Crippen LogP contribution >= 0.6 is 11.6 Å². The second-order valence-corrected chi connectivity index (χ2v) is 2.98. The van der Waals surface area contributed by atoms with Gasteiger partial charge in [0.2, 0.25) is 5.91 Å². The van der Waals surface area contributed by atoms with Crippen molar-refractivity contribution in [2.75, 3.05) is 4.90 Å². The first-order valence-electron chi connectivity index (χ1n) is 3.83. The van der Waals surface area contributed by atoms with Gasteiger partial charge in [-0.05, 0) is 24.3 Å². The van der Waals surface area contributed by atoms with E-state index in [2.05, 4.69) is 6.58 Å². The van der Waals surface area contributed by atoms with Crippen LogP contribution < -0.4 is 4.90 Å². The summed E-state index contributed by atoms with van der Waals surface area (Å²) >= 11 is 5.71. The quantitative estimate of drug-likeness (QED) is 0.711. The maximum Gasteiger partial charge on any atom is 0.227 e. The Labute approximate surface area is 82.4 Å². The van der Waals surface area contributed by atoms with Crippen LogP contribution in [0.25, 0.3) is 0 Å². The van der Waals surface area contributed by atoms with Gasteiger partial charge in [0.05, 0.1) is 0 Å². The molecule has 0 radical (unpaired) electrons. The third-order valence-electron chi connectivity index (χ3n) is 1.63. The van der Waals surface area contributed by atoms with E-state index < -0.39 is 0 Å². The lowest BCUT2D eigenvalue weighted by molar-refractivity contribution is -0.115. The molecule has 0 heterocycles. The fourth-order valence-electron chi connectivity index (χ4n) is 1.02. The number of anilines is 1. The molecule has 13 heavy (non-hydrogen) atoms. The number of hydrogen-bond donors (Lipinski definition) is 0. The highest BCUT2D eigenvalue weighted by molar-refractivity contribution is 6.30. The zero-order valence-electron chi connectivity index (χ0n) is 7.33. The Morgan fingerprint density at radius 2 is 2.00 bits per heavy atom. The van der Waals surface area contributed by atoms with Gasteiger partial charge in [0.1, 0.15) is 0 Å². The van der Waals surface area contributed by atoms with E-state index in [0.29, 0.717) is 5.02 Å². The van der Waals surface area contributed by atoms with E-state index >= 15 is 0 Å². The van der Waals surface area contributed by atoms with Gasteiger partial charge in [0.25, 0.3) is 0 Å².